The molecule has 0 radical (unpaired) electrons. The van der Waals surface area contributed by atoms with Crippen LogP contribution in [0.3, 0.4) is 0 Å². The van der Waals surface area contributed by atoms with Gasteiger partial charge in [-0.1, -0.05) is 15.9 Å². The molecule has 1 N–H and O–H groups in total. The van der Waals surface area contributed by atoms with E-state index in [0.29, 0.717) is 0 Å². The fraction of sp³-hybridized carbons (Fsp3) is 1.00. The molecule has 2 bridgehead atoms. The lowest BCUT2D eigenvalue weighted by Crippen LogP contribution is -2.70. The van der Waals surface area contributed by atoms with Crippen molar-refractivity contribution < 1.29 is 30.7 Å². The molecule has 1 aliphatic heterocycles. The molecule has 0 aromatic rings. The molecule has 1 heterocycles. The zero-order valence-electron chi connectivity index (χ0n) is 8.04. The Balaban J connectivity index is 2.48. The van der Waals surface area contributed by atoms with Crippen LogP contribution >= 0.6 is 15.9 Å². The second kappa shape index (κ2) is 3.49. The molecule has 2 aliphatic rings. The van der Waals surface area contributed by atoms with Crippen LogP contribution in [0.15, 0.2) is 0 Å². The fourth-order valence-corrected chi connectivity index (χ4v) is 3.75. The van der Waals surface area contributed by atoms with E-state index in [1.807, 2.05) is 0 Å². The van der Waals surface area contributed by atoms with Crippen molar-refractivity contribution in [1.82, 2.24) is 5.32 Å². The van der Waals surface area contributed by atoms with E-state index >= 15 is 0 Å². The van der Waals surface area contributed by atoms with Gasteiger partial charge in [-0.15, -0.1) is 0 Å². The average Bonchev–Trinajstić information content (AvgIpc) is 2.53. The first-order chi connectivity index (χ1) is 7.52. The highest BCUT2D eigenvalue weighted by atomic mass is 79.9. The van der Waals surface area contributed by atoms with Crippen molar-refractivity contribution in [1.29, 1.82) is 0 Å². The molecule has 1 saturated carbocycles. The molecule has 1 nitrogen and oxygen atoms in total. The Labute approximate surface area is 99.9 Å². The summed E-state index contributed by atoms with van der Waals surface area (Å²) in [5.74, 6) is -1.87. The Morgan fingerprint density at radius 1 is 1.06 bits per heavy atom. The van der Waals surface area contributed by atoms with Gasteiger partial charge in [0, 0.05) is 10.7 Å². The van der Waals surface area contributed by atoms with E-state index in [4.69, 9.17) is 0 Å². The molecule has 9 heteroatoms. The summed E-state index contributed by atoms with van der Waals surface area (Å²) >= 11 is 2.73. The third-order valence-corrected chi connectivity index (χ3v) is 4.65. The van der Waals surface area contributed by atoms with Gasteiger partial charge in [0.15, 0.2) is 0 Å². The molecule has 4 atom stereocenters. The van der Waals surface area contributed by atoms with Gasteiger partial charge in [-0.2, -0.15) is 26.3 Å². The van der Waals surface area contributed by atoms with Crippen LogP contribution in [0, 0.1) is 5.92 Å². The van der Waals surface area contributed by atoms with Crippen molar-refractivity contribution in [2.75, 3.05) is 0 Å². The highest BCUT2D eigenvalue weighted by Gasteiger charge is 2.81. The van der Waals surface area contributed by atoms with Crippen LogP contribution in [-0.4, -0.2) is 34.9 Å². The van der Waals surface area contributed by atoms with Crippen molar-refractivity contribution in [3.05, 3.63) is 0 Å². The number of hydrogen-bond acceptors (Lipinski definition) is 1. The Hall–Kier alpha value is -0.0500. The van der Waals surface area contributed by atoms with E-state index in [-0.39, 0.29) is 0 Å². The maximum atomic E-state index is 13.2. The molecule has 100 valence electrons. The quantitative estimate of drug-likeness (QED) is 0.532. The maximum Gasteiger partial charge on any atom is 0.415 e. The lowest BCUT2D eigenvalue weighted by Gasteiger charge is -2.41. The minimum absolute atomic E-state index is 0.743. The summed E-state index contributed by atoms with van der Waals surface area (Å²) in [6.07, 6.45) is -13.4. The van der Waals surface area contributed by atoms with Gasteiger partial charge in [-0.05, 0) is 6.42 Å². The highest BCUT2D eigenvalue weighted by Crippen LogP contribution is 2.59. The molecule has 0 spiro atoms. The van der Waals surface area contributed by atoms with Gasteiger partial charge in [0.05, 0.1) is 6.04 Å². The van der Waals surface area contributed by atoms with E-state index in [2.05, 4.69) is 15.9 Å². The molecule has 0 unspecified atom stereocenters. The number of fused-ring (bicyclic) bond motifs is 2. The number of piperidine rings is 1. The molecule has 1 saturated heterocycles. The third-order valence-electron chi connectivity index (χ3n) is 3.44. The normalized spacial score (nSPS) is 40.9. The van der Waals surface area contributed by atoms with E-state index in [0.717, 1.165) is 0 Å². The first-order valence-corrected chi connectivity index (χ1v) is 5.63. The van der Waals surface area contributed by atoms with Crippen molar-refractivity contribution >= 4 is 15.9 Å². The van der Waals surface area contributed by atoms with Gasteiger partial charge in [-0.25, -0.2) is 4.39 Å². The first-order valence-electron chi connectivity index (χ1n) is 4.71. The second-order valence-electron chi connectivity index (χ2n) is 4.28. The molecule has 17 heavy (non-hydrogen) atoms. The summed E-state index contributed by atoms with van der Waals surface area (Å²) in [7, 11) is 0. The van der Waals surface area contributed by atoms with Crippen molar-refractivity contribution in [2.24, 2.45) is 5.92 Å². The maximum absolute atomic E-state index is 13.2. The average molecular weight is 330 g/mol. The van der Waals surface area contributed by atoms with Crippen LogP contribution in [0.4, 0.5) is 30.7 Å². The minimum atomic E-state index is -5.50. The SMILES string of the molecule is F[C@@H]1C[C@H]2[C@H](Br)[C@H]1NC2(C(F)(F)F)C(F)(F)F. The first kappa shape index (κ1) is 13.4. The van der Waals surface area contributed by atoms with E-state index in [1.165, 1.54) is 5.32 Å². The summed E-state index contributed by atoms with van der Waals surface area (Å²) in [6.45, 7) is 0. The number of rotatable bonds is 0. The predicted octanol–water partition coefficient (Wildman–Crippen LogP) is 2.94. The van der Waals surface area contributed by atoms with Gasteiger partial charge >= 0.3 is 12.4 Å². The number of nitrogens with one attached hydrogen (secondary N) is 1. The largest absolute Gasteiger partial charge is 0.415 e. The van der Waals surface area contributed by atoms with Gasteiger partial charge in [0.1, 0.15) is 6.17 Å². The summed E-state index contributed by atoms with van der Waals surface area (Å²) in [5, 5.41) is 1.41. The zero-order valence-corrected chi connectivity index (χ0v) is 9.63. The fourth-order valence-electron chi connectivity index (χ4n) is 2.67. The Bertz CT molecular complexity index is 311. The Morgan fingerprint density at radius 3 is 1.76 bits per heavy atom. The van der Waals surface area contributed by atoms with Gasteiger partial charge in [0.25, 0.3) is 0 Å². The number of hydrogen-bond donors (Lipinski definition) is 1. The third kappa shape index (κ3) is 1.54. The number of halogens is 8. The van der Waals surface area contributed by atoms with Gasteiger partial charge in [-0.3, -0.25) is 5.32 Å². The Morgan fingerprint density at radius 2 is 1.53 bits per heavy atom. The summed E-state index contributed by atoms with van der Waals surface area (Å²) in [5.41, 5.74) is -4.00. The lowest BCUT2D eigenvalue weighted by molar-refractivity contribution is -0.319. The van der Waals surface area contributed by atoms with Crippen LogP contribution in [0.1, 0.15) is 6.42 Å². The highest BCUT2D eigenvalue weighted by molar-refractivity contribution is 9.09. The second-order valence-corrected chi connectivity index (χ2v) is 5.33. The molecule has 2 rings (SSSR count). The molecular formula is C8H7BrF7N. The summed E-state index contributed by atoms with van der Waals surface area (Å²) in [4.78, 5) is -1.17. The number of alkyl halides is 8. The van der Waals surface area contributed by atoms with Crippen LogP contribution in [0.25, 0.3) is 0 Å². The van der Waals surface area contributed by atoms with E-state index < -0.39 is 47.3 Å². The van der Waals surface area contributed by atoms with Gasteiger partial charge in [0.2, 0.25) is 5.54 Å². The minimum Gasteiger partial charge on any atom is -0.289 e. The topological polar surface area (TPSA) is 12.0 Å². The molecule has 1 aliphatic carbocycles. The standard InChI is InChI=1S/C8H7BrF7N/c9-4-2-1-3(10)5(4)17-6(2,7(11,12)13)8(14,15)16/h2-5,17H,1H2/t2-,3+,4-,5-/m0/s1. The molecule has 0 amide bonds. The summed E-state index contributed by atoms with van der Waals surface area (Å²) < 4.78 is 89.6. The van der Waals surface area contributed by atoms with Crippen LogP contribution in [-0.2, 0) is 0 Å². The molecular weight excluding hydrogens is 323 g/mol. The van der Waals surface area contributed by atoms with Crippen molar-refractivity contribution in [3.8, 4) is 0 Å². The van der Waals surface area contributed by atoms with Crippen LogP contribution in [0.2, 0.25) is 0 Å². The van der Waals surface area contributed by atoms with Gasteiger partial charge < -0.3 is 0 Å². The van der Waals surface area contributed by atoms with Crippen molar-refractivity contribution in [3.63, 3.8) is 0 Å². The Kier molecular flexibility index (Phi) is 2.75. The monoisotopic (exact) mass is 329 g/mol. The molecule has 0 aromatic carbocycles. The van der Waals surface area contributed by atoms with E-state index in [9.17, 15) is 30.7 Å². The molecule has 0 aromatic heterocycles. The van der Waals surface area contributed by atoms with E-state index in [1.54, 1.807) is 0 Å². The summed E-state index contributed by atoms with van der Waals surface area (Å²) in [6, 6.07) is -1.46. The van der Waals surface area contributed by atoms with Crippen LogP contribution < -0.4 is 5.32 Å². The zero-order chi connectivity index (χ0) is 13.2. The molecule has 2 fully saturated rings. The lowest BCUT2D eigenvalue weighted by atomic mass is 9.82. The van der Waals surface area contributed by atoms with Crippen molar-refractivity contribution in [2.45, 2.75) is 41.4 Å². The smallest absolute Gasteiger partial charge is 0.289 e. The van der Waals surface area contributed by atoms with Crippen LogP contribution in [0.5, 0.6) is 0 Å². The predicted molar refractivity (Wildman–Crippen MR) is 47.5 cm³/mol.